The van der Waals surface area contributed by atoms with Crippen LogP contribution in [-0.4, -0.2) is 24.0 Å². The maximum absolute atomic E-state index is 10.1. The molecule has 0 aromatic heterocycles. The summed E-state index contributed by atoms with van der Waals surface area (Å²) in [7, 11) is 1.96. The highest BCUT2D eigenvalue weighted by molar-refractivity contribution is 7.99. The largest absolute Gasteiger partial charge is 0.392 e. The van der Waals surface area contributed by atoms with Crippen LogP contribution in [0.25, 0.3) is 0 Å². The zero-order chi connectivity index (χ0) is 13.5. The predicted molar refractivity (Wildman–Crippen MR) is 82.5 cm³/mol. The molecule has 1 aromatic rings. The van der Waals surface area contributed by atoms with Crippen LogP contribution >= 0.6 is 11.8 Å². The molecule has 0 radical (unpaired) electrons. The first-order valence-electron chi connectivity index (χ1n) is 7.32. The maximum atomic E-state index is 10.1. The van der Waals surface area contributed by atoms with E-state index < -0.39 is 0 Å². The van der Waals surface area contributed by atoms with Crippen LogP contribution in [0.2, 0.25) is 0 Å². The minimum absolute atomic E-state index is 0.148. The molecule has 1 unspecified atom stereocenters. The number of hydrogen-bond donors (Lipinski definition) is 2. The van der Waals surface area contributed by atoms with E-state index in [1.54, 1.807) is 11.8 Å². The fourth-order valence-corrected chi connectivity index (χ4v) is 3.65. The predicted octanol–water partition coefficient (Wildman–Crippen LogP) is 3.44. The highest BCUT2D eigenvalue weighted by atomic mass is 32.2. The number of nitrogens with one attached hydrogen (secondary N) is 1. The summed E-state index contributed by atoms with van der Waals surface area (Å²) < 4.78 is 0. The van der Waals surface area contributed by atoms with Crippen molar-refractivity contribution in [3.63, 3.8) is 0 Å². The molecule has 3 heteroatoms. The van der Waals surface area contributed by atoms with E-state index in [-0.39, 0.29) is 6.10 Å². The summed E-state index contributed by atoms with van der Waals surface area (Å²) in [6.45, 7) is 0.912. The Hall–Kier alpha value is -0.510. The van der Waals surface area contributed by atoms with Crippen LogP contribution in [0.4, 0.5) is 0 Å². The Morgan fingerprint density at radius 3 is 2.58 bits per heavy atom. The summed E-state index contributed by atoms with van der Waals surface area (Å²) in [5.41, 5.74) is 1.30. The molecule has 0 heterocycles. The molecule has 0 spiro atoms. The van der Waals surface area contributed by atoms with Crippen LogP contribution < -0.4 is 5.32 Å². The lowest BCUT2D eigenvalue weighted by Crippen LogP contribution is -2.14. The molecule has 1 atom stereocenters. The molecule has 2 rings (SSSR count). The van der Waals surface area contributed by atoms with E-state index in [1.165, 1.54) is 36.1 Å². The second kappa shape index (κ2) is 7.93. The summed E-state index contributed by atoms with van der Waals surface area (Å²) in [6, 6.07) is 8.61. The first kappa shape index (κ1) is 14.9. The highest BCUT2D eigenvalue weighted by Gasteiger charge is 2.18. The van der Waals surface area contributed by atoms with Crippen molar-refractivity contribution < 1.29 is 5.11 Å². The van der Waals surface area contributed by atoms with Crippen molar-refractivity contribution in [2.24, 2.45) is 5.92 Å². The molecule has 1 fully saturated rings. The molecule has 19 heavy (non-hydrogen) atoms. The summed E-state index contributed by atoms with van der Waals surface area (Å²) in [5.74, 6) is 1.59. The van der Waals surface area contributed by atoms with Crippen LogP contribution in [0, 0.1) is 5.92 Å². The van der Waals surface area contributed by atoms with E-state index in [0.29, 0.717) is 0 Å². The lowest BCUT2D eigenvalue weighted by molar-refractivity contribution is 0.166. The molecule has 1 aliphatic rings. The van der Waals surface area contributed by atoms with E-state index in [1.807, 2.05) is 7.05 Å². The average Bonchev–Trinajstić information content (AvgIpc) is 2.91. The average molecular weight is 279 g/mol. The van der Waals surface area contributed by atoms with Gasteiger partial charge in [-0.05, 0) is 37.1 Å². The van der Waals surface area contributed by atoms with Gasteiger partial charge in [-0.2, -0.15) is 0 Å². The van der Waals surface area contributed by atoms with E-state index in [2.05, 4.69) is 29.6 Å². The number of aliphatic hydroxyl groups excluding tert-OH is 1. The van der Waals surface area contributed by atoms with Crippen molar-refractivity contribution in [3.8, 4) is 0 Å². The highest BCUT2D eigenvalue weighted by Crippen LogP contribution is 2.30. The van der Waals surface area contributed by atoms with E-state index in [4.69, 9.17) is 0 Å². The van der Waals surface area contributed by atoms with Crippen molar-refractivity contribution in [2.45, 2.75) is 49.6 Å². The summed E-state index contributed by atoms with van der Waals surface area (Å²) in [6.07, 6.45) is 6.20. The van der Waals surface area contributed by atoms with Crippen molar-refractivity contribution in [1.82, 2.24) is 5.32 Å². The number of rotatable bonds is 7. The van der Waals surface area contributed by atoms with E-state index in [9.17, 15) is 5.11 Å². The van der Waals surface area contributed by atoms with Crippen LogP contribution in [0.1, 0.15) is 37.7 Å². The summed E-state index contributed by atoms with van der Waals surface area (Å²) in [5, 5.41) is 13.2. The fourth-order valence-electron chi connectivity index (χ4n) is 2.80. The first-order valence-corrected chi connectivity index (χ1v) is 8.31. The standard InChI is InChI=1S/C16H25NOS/c1-17-11-14-6-8-16(9-7-14)19-12-15(18)10-13-4-2-3-5-13/h6-9,13,15,17-18H,2-5,10-12H2,1H3. The molecule has 0 aliphatic heterocycles. The Morgan fingerprint density at radius 1 is 1.26 bits per heavy atom. The molecule has 0 amide bonds. The first-order chi connectivity index (χ1) is 9.28. The number of hydrogen-bond acceptors (Lipinski definition) is 3. The molecule has 1 saturated carbocycles. The van der Waals surface area contributed by atoms with Gasteiger partial charge in [0.15, 0.2) is 0 Å². The number of benzene rings is 1. The SMILES string of the molecule is CNCc1ccc(SCC(O)CC2CCCC2)cc1. The molecule has 1 aliphatic carbocycles. The lowest BCUT2D eigenvalue weighted by atomic mass is 10.0. The molecular weight excluding hydrogens is 254 g/mol. The van der Waals surface area contributed by atoms with Crippen molar-refractivity contribution in [2.75, 3.05) is 12.8 Å². The molecule has 2 N–H and O–H groups in total. The second-order valence-corrected chi connectivity index (χ2v) is 6.62. The Morgan fingerprint density at radius 2 is 1.95 bits per heavy atom. The minimum Gasteiger partial charge on any atom is -0.392 e. The minimum atomic E-state index is -0.148. The molecule has 2 nitrogen and oxygen atoms in total. The third-order valence-electron chi connectivity index (χ3n) is 3.83. The number of aliphatic hydroxyl groups is 1. The van der Waals surface area contributed by atoms with Gasteiger partial charge in [0.25, 0.3) is 0 Å². The van der Waals surface area contributed by atoms with Gasteiger partial charge in [0, 0.05) is 17.2 Å². The molecule has 0 saturated heterocycles. The molecular formula is C16H25NOS. The Bertz CT molecular complexity index is 360. The van der Waals surface area contributed by atoms with E-state index in [0.717, 1.165) is 24.6 Å². The molecule has 1 aromatic carbocycles. The van der Waals surface area contributed by atoms with E-state index >= 15 is 0 Å². The van der Waals surface area contributed by atoms with Crippen molar-refractivity contribution in [1.29, 1.82) is 0 Å². The summed E-state index contributed by atoms with van der Waals surface area (Å²) in [4.78, 5) is 1.25. The van der Waals surface area contributed by atoms with Gasteiger partial charge >= 0.3 is 0 Å². The Balaban J connectivity index is 1.71. The van der Waals surface area contributed by atoms with Gasteiger partial charge in [-0.1, -0.05) is 37.8 Å². The third-order valence-corrected chi connectivity index (χ3v) is 4.98. The van der Waals surface area contributed by atoms with Gasteiger partial charge in [0.05, 0.1) is 6.10 Å². The molecule has 0 bridgehead atoms. The Kier molecular flexibility index (Phi) is 6.21. The normalized spacial score (nSPS) is 17.8. The van der Waals surface area contributed by atoms with Gasteiger partial charge in [0.1, 0.15) is 0 Å². The van der Waals surface area contributed by atoms with Gasteiger partial charge in [-0.25, -0.2) is 0 Å². The van der Waals surface area contributed by atoms with Gasteiger partial charge in [-0.15, -0.1) is 11.8 Å². The zero-order valence-corrected chi connectivity index (χ0v) is 12.6. The smallest absolute Gasteiger partial charge is 0.0636 e. The van der Waals surface area contributed by atoms with Crippen LogP contribution in [0.5, 0.6) is 0 Å². The quantitative estimate of drug-likeness (QED) is 0.750. The van der Waals surface area contributed by atoms with Crippen LogP contribution in [-0.2, 0) is 6.54 Å². The summed E-state index contributed by atoms with van der Waals surface area (Å²) >= 11 is 1.77. The van der Waals surface area contributed by atoms with Crippen LogP contribution in [0.3, 0.4) is 0 Å². The number of thioether (sulfide) groups is 1. The third kappa shape index (κ3) is 5.17. The van der Waals surface area contributed by atoms with Crippen molar-refractivity contribution >= 4 is 11.8 Å². The van der Waals surface area contributed by atoms with Gasteiger partial charge in [0.2, 0.25) is 0 Å². The monoisotopic (exact) mass is 279 g/mol. The molecule has 106 valence electrons. The van der Waals surface area contributed by atoms with Gasteiger partial charge < -0.3 is 10.4 Å². The van der Waals surface area contributed by atoms with Crippen molar-refractivity contribution in [3.05, 3.63) is 29.8 Å². The second-order valence-electron chi connectivity index (χ2n) is 5.53. The Labute approximate surface area is 121 Å². The van der Waals surface area contributed by atoms with Gasteiger partial charge in [-0.3, -0.25) is 0 Å². The fraction of sp³-hybridized carbons (Fsp3) is 0.625. The van der Waals surface area contributed by atoms with Crippen LogP contribution in [0.15, 0.2) is 29.2 Å². The maximum Gasteiger partial charge on any atom is 0.0636 e. The lowest BCUT2D eigenvalue weighted by Gasteiger charge is -2.15. The topological polar surface area (TPSA) is 32.3 Å². The zero-order valence-electron chi connectivity index (χ0n) is 11.8.